The Labute approximate surface area is 136 Å². The number of thiazole rings is 1. The first kappa shape index (κ1) is 15.9. The molecule has 0 bridgehead atoms. The van der Waals surface area contributed by atoms with Crippen molar-refractivity contribution in [2.24, 2.45) is 11.8 Å². The molecule has 3 atom stereocenters. The van der Waals surface area contributed by atoms with Gasteiger partial charge in [0.1, 0.15) is 0 Å². The molecule has 0 unspecified atom stereocenters. The summed E-state index contributed by atoms with van der Waals surface area (Å²) in [6.45, 7) is 5.63. The van der Waals surface area contributed by atoms with Gasteiger partial charge in [-0.1, -0.05) is 13.3 Å². The molecule has 1 aromatic rings. The number of aliphatic hydroxyl groups is 1. The van der Waals surface area contributed by atoms with Gasteiger partial charge in [-0.15, -0.1) is 11.3 Å². The summed E-state index contributed by atoms with van der Waals surface area (Å²) in [5.74, 6) is 0.986. The zero-order chi connectivity index (χ0) is 15.7. The van der Waals surface area contributed by atoms with Crippen molar-refractivity contribution in [1.29, 1.82) is 0 Å². The molecule has 1 aromatic heterocycles. The molecule has 1 N–H and O–H groups in total. The maximum absolute atomic E-state index is 12.5. The molecule has 0 radical (unpaired) electrons. The first-order chi connectivity index (χ1) is 10.5. The monoisotopic (exact) mass is 322 g/mol. The highest BCUT2D eigenvalue weighted by Crippen LogP contribution is 2.44. The van der Waals surface area contributed by atoms with E-state index in [9.17, 15) is 9.90 Å². The van der Waals surface area contributed by atoms with Crippen LogP contribution in [-0.2, 0) is 11.2 Å². The Kier molecular flexibility index (Phi) is 4.55. The largest absolute Gasteiger partial charge is 0.390 e. The van der Waals surface area contributed by atoms with E-state index in [0.29, 0.717) is 12.3 Å². The predicted molar refractivity (Wildman–Crippen MR) is 87.8 cm³/mol. The average molecular weight is 322 g/mol. The lowest BCUT2D eigenvalue weighted by atomic mass is 9.69. The average Bonchev–Trinajstić information content (AvgIpc) is 3.12. The molecule has 1 amide bonds. The van der Waals surface area contributed by atoms with Crippen molar-refractivity contribution in [2.75, 3.05) is 13.1 Å². The summed E-state index contributed by atoms with van der Waals surface area (Å²) in [5.41, 5.74) is 0.474. The van der Waals surface area contributed by atoms with Crippen molar-refractivity contribution in [1.82, 2.24) is 9.88 Å². The number of nitrogens with zero attached hydrogens (tertiary/aromatic N) is 2. The summed E-state index contributed by atoms with van der Waals surface area (Å²) in [7, 11) is 0. The van der Waals surface area contributed by atoms with E-state index in [-0.39, 0.29) is 11.8 Å². The first-order valence-corrected chi connectivity index (χ1v) is 9.31. The predicted octanol–water partition coefficient (Wildman–Crippen LogP) is 2.78. The minimum Gasteiger partial charge on any atom is -0.390 e. The third-order valence-electron chi connectivity index (χ3n) is 5.54. The van der Waals surface area contributed by atoms with Gasteiger partial charge >= 0.3 is 0 Å². The van der Waals surface area contributed by atoms with Crippen LogP contribution in [0.1, 0.15) is 49.7 Å². The summed E-state index contributed by atoms with van der Waals surface area (Å²) in [4.78, 5) is 18.9. The van der Waals surface area contributed by atoms with E-state index < -0.39 is 5.60 Å². The van der Waals surface area contributed by atoms with Gasteiger partial charge in [0.05, 0.1) is 16.3 Å². The Bertz CT molecular complexity index is 545. The standard InChI is InChI=1S/C17H26N2O2S/c1-3-17(21)8-4-5-13-9-19(10-15(13)17)16(20)7-6-14-11-22-12(2)18-14/h11,13,15,21H,3-10H2,1-2H3/t13-,15+,17-/m0/s1. The quantitative estimate of drug-likeness (QED) is 0.927. The molecule has 3 rings (SSSR count). The van der Waals surface area contributed by atoms with E-state index in [2.05, 4.69) is 11.9 Å². The number of likely N-dealkylation sites (tertiary alicyclic amines) is 1. The van der Waals surface area contributed by atoms with E-state index >= 15 is 0 Å². The molecule has 1 aliphatic carbocycles. The van der Waals surface area contributed by atoms with Gasteiger partial charge in [-0.2, -0.15) is 0 Å². The Hall–Kier alpha value is -0.940. The molecular formula is C17H26N2O2S. The Morgan fingerprint density at radius 1 is 1.55 bits per heavy atom. The van der Waals surface area contributed by atoms with Gasteiger partial charge in [0.15, 0.2) is 0 Å². The van der Waals surface area contributed by atoms with Crippen LogP contribution in [0, 0.1) is 18.8 Å². The van der Waals surface area contributed by atoms with E-state index in [4.69, 9.17) is 0 Å². The first-order valence-electron chi connectivity index (χ1n) is 8.43. The van der Waals surface area contributed by atoms with Crippen LogP contribution in [0.5, 0.6) is 0 Å². The third-order valence-corrected chi connectivity index (χ3v) is 6.36. The molecule has 5 heteroatoms. The highest BCUT2D eigenvalue weighted by Gasteiger charge is 2.48. The molecular weight excluding hydrogens is 296 g/mol. The second-order valence-electron chi connectivity index (χ2n) is 6.87. The fraction of sp³-hybridized carbons (Fsp3) is 0.765. The lowest BCUT2D eigenvalue weighted by Gasteiger charge is -2.40. The fourth-order valence-electron chi connectivity index (χ4n) is 4.19. The summed E-state index contributed by atoms with van der Waals surface area (Å²) in [6.07, 6.45) is 5.20. The van der Waals surface area contributed by atoms with E-state index in [1.165, 1.54) is 0 Å². The molecule has 1 saturated carbocycles. The van der Waals surface area contributed by atoms with Crippen LogP contribution in [0.3, 0.4) is 0 Å². The van der Waals surface area contributed by atoms with Crippen LogP contribution >= 0.6 is 11.3 Å². The molecule has 0 aromatic carbocycles. The highest BCUT2D eigenvalue weighted by atomic mass is 32.1. The molecule has 2 fully saturated rings. The van der Waals surface area contributed by atoms with Crippen LogP contribution in [0.15, 0.2) is 5.38 Å². The molecule has 0 spiro atoms. The van der Waals surface area contributed by atoms with E-state index in [1.807, 2.05) is 17.2 Å². The Morgan fingerprint density at radius 3 is 3.05 bits per heavy atom. The van der Waals surface area contributed by atoms with Gasteiger partial charge in [-0.05, 0) is 38.5 Å². The molecule has 122 valence electrons. The lowest BCUT2D eigenvalue weighted by molar-refractivity contribution is -0.130. The lowest BCUT2D eigenvalue weighted by Crippen LogP contribution is -2.44. The normalized spacial score (nSPS) is 31.3. The van der Waals surface area contributed by atoms with Crippen LogP contribution < -0.4 is 0 Å². The van der Waals surface area contributed by atoms with Crippen LogP contribution in [-0.4, -0.2) is 39.6 Å². The number of aryl methyl sites for hydroxylation is 2. The minimum atomic E-state index is -0.552. The molecule has 22 heavy (non-hydrogen) atoms. The molecule has 4 nitrogen and oxygen atoms in total. The van der Waals surface area contributed by atoms with Gasteiger partial charge in [-0.25, -0.2) is 4.98 Å². The zero-order valence-corrected chi connectivity index (χ0v) is 14.4. The SMILES string of the molecule is CC[C@]1(O)CCC[C@H]2CN(C(=O)CCc3csc(C)n3)C[C@H]21. The minimum absolute atomic E-state index is 0.221. The van der Waals surface area contributed by atoms with E-state index in [1.54, 1.807) is 11.3 Å². The second kappa shape index (κ2) is 6.28. The summed E-state index contributed by atoms with van der Waals surface area (Å²) < 4.78 is 0. The Balaban J connectivity index is 1.58. The van der Waals surface area contributed by atoms with Crippen LogP contribution in [0.25, 0.3) is 0 Å². The number of rotatable bonds is 4. The molecule has 1 saturated heterocycles. The van der Waals surface area contributed by atoms with Gasteiger partial charge in [0, 0.05) is 30.8 Å². The number of hydrogen-bond donors (Lipinski definition) is 1. The van der Waals surface area contributed by atoms with E-state index in [0.717, 1.165) is 55.9 Å². The van der Waals surface area contributed by atoms with Crippen molar-refractivity contribution < 1.29 is 9.90 Å². The van der Waals surface area contributed by atoms with Crippen LogP contribution in [0.2, 0.25) is 0 Å². The molecule has 2 aliphatic rings. The number of hydrogen-bond acceptors (Lipinski definition) is 4. The van der Waals surface area contributed by atoms with Crippen molar-refractivity contribution >= 4 is 17.2 Å². The number of fused-ring (bicyclic) bond motifs is 1. The van der Waals surface area contributed by atoms with Crippen molar-refractivity contribution in [3.8, 4) is 0 Å². The van der Waals surface area contributed by atoms with Crippen molar-refractivity contribution in [3.05, 3.63) is 16.1 Å². The second-order valence-corrected chi connectivity index (χ2v) is 7.93. The third kappa shape index (κ3) is 3.06. The van der Waals surface area contributed by atoms with Crippen molar-refractivity contribution in [3.63, 3.8) is 0 Å². The maximum Gasteiger partial charge on any atom is 0.222 e. The van der Waals surface area contributed by atoms with Crippen LogP contribution in [0.4, 0.5) is 0 Å². The smallest absolute Gasteiger partial charge is 0.222 e. The molecule has 1 aliphatic heterocycles. The fourth-order valence-corrected chi connectivity index (χ4v) is 4.83. The number of aromatic nitrogens is 1. The number of carbonyl (C=O) groups excluding carboxylic acids is 1. The number of carbonyl (C=O) groups is 1. The highest BCUT2D eigenvalue weighted by molar-refractivity contribution is 7.09. The molecule has 2 heterocycles. The summed E-state index contributed by atoms with van der Waals surface area (Å²) in [6, 6.07) is 0. The number of amides is 1. The zero-order valence-electron chi connectivity index (χ0n) is 13.5. The summed E-state index contributed by atoms with van der Waals surface area (Å²) in [5, 5.41) is 13.9. The summed E-state index contributed by atoms with van der Waals surface area (Å²) >= 11 is 1.64. The van der Waals surface area contributed by atoms with Gasteiger partial charge in [0.25, 0.3) is 0 Å². The Morgan fingerprint density at radius 2 is 2.36 bits per heavy atom. The van der Waals surface area contributed by atoms with Gasteiger partial charge in [0.2, 0.25) is 5.91 Å². The topological polar surface area (TPSA) is 53.4 Å². The van der Waals surface area contributed by atoms with Crippen molar-refractivity contribution in [2.45, 2.75) is 58.0 Å². The maximum atomic E-state index is 12.5. The van der Waals surface area contributed by atoms with Gasteiger partial charge in [-0.3, -0.25) is 4.79 Å². The van der Waals surface area contributed by atoms with Gasteiger partial charge < -0.3 is 10.0 Å².